The lowest BCUT2D eigenvalue weighted by molar-refractivity contribution is 0.102. The second-order valence-corrected chi connectivity index (χ2v) is 7.84. The first-order chi connectivity index (χ1) is 9.27. The number of hydrogen-bond donors (Lipinski definition) is 2. The van der Waals surface area contributed by atoms with Crippen molar-refractivity contribution < 1.29 is 9.00 Å². The van der Waals surface area contributed by atoms with Crippen molar-refractivity contribution in [1.82, 2.24) is 4.98 Å². The van der Waals surface area contributed by atoms with Crippen LogP contribution in [0.15, 0.2) is 29.2 Å². The van der Waals surface area contributed by atoms with Crippen molar-refractivity contribution in [2.45, 2.75) is 18.7 Å². The summed E-state index contributed by atoms with van der Waals surface area (Å²) in [5, 5.41) is 3.29. The Morgan fingerprint density at radius 3 is 2.35 bits per heavy atom. The minimum Gasteiger partial charge on any atom is -0.298 e. The summed E-state index contributed by atoms with van der Waals surface area (Å²) in [5.74, 6) is -0.266. The summed E-state index contributed by atoms with van der Waals surface area (Å²) in [6.07, 6.45) is 1.35. The van der Waals surface area contributed by atoms with Gasteiger partial charge in [-0.15, -0.1) is 11.3 Å². The van der Waals surface area contributed by atoms with Gasteiger partial charge >= 0.3 is 0 Å². The summed E-state index contributed by atoms with van der Waals surface area (Å²) in [6, 6.07) is 6.22. The van der Waals surface area contributed by atoms with Crippen molar-refractivity contribution in [3.05, 3.63) is 40.4 Å². The standard InChI is InChI=1S/C13H15N3O2S2/c1-8-9(2)19-13(15-8)16-12(17)10-4-6-11(7-5-10)20(3,14)18/h4-7,14H,1-3H3,(H,15,16,17). The fourth-order valence-corrected chi connectivity index (χ4v) is 3.03. The molecular formula is C13H15N3O2S2. The Hall–Kier alpha value is -1.73. The second-order valence-electron chi connectivity index (χ2n) is 4.48. The lowest BCUT2D eigenvalue weighted by Gasteiger charge is -2.04. The number of aryl methyl sites for hydroxylation is 2. The molecule has 20 heavy (non-hydrogen) atoms. The molecule has 1 heterocycles. The van der Waals surface area contributed by atoms with Crippen LogP contribution in [0.2, 0.25) is 0 Å². The van der Waals surface area contributed by atoms with E-state index in [2.05, 4.69) is 10.3 Å². The van der Waals surface area contributed by atoms with Crippen molar-refractivity contribution in [3.8, 4) is 0 Å². The molecule has 1 aromatic heterocycles. The average Bonchev–Trinajstić information content (AvgIpc) is 2.67. The molecule has 106 valence electrons. The number of nitrogens with one attached hydrogen (secondary N) is 2. The topological polar surface area (TPSA) is 82.9 Å². The third-order valence-electron chi connectivity index (χ3n) is 2.82. The normalized spacial score (nSPS) is 13.8. The first kappa shape index (κ1) is 14.7. The zero-order chi connectivity index (χ0) is 14.9. The third-order valence-corrected chi connectivity index (χ3v) is 4.98. The number of nitrogens with zero attached hydrogens (tertiary/aromatic N) is 1. The molecule has 1 unspecified atom stereocenters. The van der Waals surface area contributed by atoms with Crippen molar-refractivity contribution in [3.63, 3.8) is 0 Å². The van der Waals surface area contributed by atoms with Crippen LogP contribution >= 0.6 is 11.3 Å². The van der Waals surface area contributed by atoms with Crippen LogP contribution in [0.3, 0.4) is 0 Å². The maximum absolute atomic E-state index is 12.0. The van der Waals surface area contributed by atoms with Crippen LogP contribution in [-0.4, -0.2) is 21.4 Å². The number of amides is 1. The molecule has 0 saturated heterocycles. The van der Waals surface area contributed by atoms with Gasteiger partial charge in [0, 0.05) is 21.6 Å². The van der Waals surface area contributed by atoms with E-state index in [1.165, 1.54) is 17.6 Å². The summed E-state index contributed by atoms with van der Waals surface area (Å²) in [7, 11) is -2.75. The molecule has 2 rings (SSSR count). The van der Waals surface area contributed by atoms with Gasteiger partial charge in [0.2, 0.25) is 0 Å². The van der Waals surface area contributed by atoms with Crippen LogP contribution in [0, 0.1) is 18.6 Å². The molecule has 1 amide bonds. The van der Waals surface area contributed by atoms with Crippen molar-refractivity contribution in [2.24, 2.45) is 0 Å². The van der Waals surface area contributed by atoms with Gasteiger partial charge in [0.1, 0.15) is 0 Å². The number of rotatable bonds is 3. The van der Waals surface area contributed by atoms with Gasteiger partial charge in [-0.1, -0.05) is 0 Å². The molecule has 0 aliphatic rings. The number of carbonyl (C=O) groups excluding carboxylic acids is 1. The smallest absolute Gasteiger partial charge is 0.257 e. The van der Waals surface area contributed by atoms with Gasteiger partial charge < -0.3 is 0 Å². The van der Waals surface area contributed by atoms with Crippen molar-refractivity contribution in [1.29, 1.82) is 4.78 Å². The maximum Gasteiger partial charge on any atom is 0.257 e. The lowest BCUT2D eigenvalue weighted by atomic mass is 10.2. The van der Waals surface area contributed by atoms with Crippen LogP contribution in [0.1, 0.15) is 20.9 Å². The molecule has 0 radical (unpaired) electrons. The zero-order valence-electron chi connectivity index (χ0n) is 11.4. The molecule has 0 saturated carbocycles. The number of carbonyl (C=O) groups is 1. The number of aromatic nitrogens is 1. The highest BCUT2D eigenvalue weighted by atomic mass is 32.2. The summed E-state index contributed by atoms with van der Waals surface area (Å²) in [5.41, 5.74) is 1.35. The quantitative estimate of drug-likeness (QED) is 0.914. The van der Waals surface area contributed by atoms with E-state index in [1.807, 2.05) is 13.8 Å². The Morgan fingerprint density at radius 2 is 1.90 bits per heavy atom. The van der Waals surface area contributed by atoms with E-state index >= 15 is 0 Å². The Morgan fingerprint density at radius 1 is 1.30 bits per heavy atom. The van der Waals surface area contributed by atoms with E-state index in [-0.39, 0.29) is 5.91 Å². The number of hydrogen-bond acceptors (Lipinski definition) is 5. The Labute approximate surface area is 122 Å². The molecule has 0 aliphatic carbocycles. The maximum atomic E-state index is 12.0. The van der Waals surface area contributed by atoms with Gasteiger partial charge in [0.15, 0.2) is 5.13 Å². The monoisotopic (exact) mass is 309 g/mol. The minimum absolute atomic E-state index is 0.266. The molecule has 2 aromatic rings. The summed E-state index contributed by atoms with van der Waals surface area (Å²) < 4.78 is 19.0. The van der Waals surface area contributed by atoms with Crippen LogP contribution in [-0.2, 0) is 9.73 Å². The summed E-state index contributed by atoms with van der Waals surface area (Å²) >= 11 is 1.43. The Kier molecular flexibility index (Phi) is 3.92. The molecule has 1 atom stereocenters. The molecule has 0 bridgehead atoms. The van der Waals surface area contributed by atoms with E-state index in [9.17, 15) is 9.00 Å². The van der Waals surface area contributed by atoms with Crippen LogP contribution in [0.25, 0.3) is 0 Å². The molecular weight excluding hydrogens is 294 g/mol. The zero-order valence-corrected chi connectivity index (χ0v) is 13.0. The highest BCUT2D eigenvalue weighted by molar-refractivity contribution is 7.91. The van der Waals surface area contributed by atoms with Gasteiger partial charge in [-0.05, 0) is 38.1 Å². The van der Waals surface area contributed by atoms with Gasteiger partial charge in [0.05, 0.1) is 15.4 Å². The number of thiazole rings is 1. The SMILES string of the molecule is Cc1nc(NC(=O)c2ccc(S(C)(=N)=O)cc2)sc1C. The highest BCUT2D eigenvalue weighted by Crippen LogP contribution is 2.22. The van der Waals surface area contributed by atoms with Gasteiger partial charge in [0.25, 0.3) is 5.91 Å². The van der Waals surface area contributed by atoms with E-state index in [0.29, 0.717) is 15.6 Å². The van der Waals surface area contributed by atoms with E-state index < -0.39 is 9.73 Å². The molecule has 7 heteroatoms. The third kappa shape index (κ3) is 3.23. The number of anilines is 1. The summed E-state index contributed by atoms with van der Waals surface area (Å²) in [4.78, 5) is 17.8. The Balaban J connectivity index is 2.17. The van der Waals surface area contributed by atoms with E-state index in [1.54, 1.807) is 24.3 Å². The molecule has 0 aliphatic heterocycles. The predicted octanol–water partition coefficient (Wildman–Crippen LogP) is 3.05. The van der Waals surface area contributed by atoms with Gasteiger partial charge in [-0.25, -0.2) is 14.0 Å². The fraction of sp³-hybridized carbons (Fsp3) is 0.231. The van der Waals surface area contributed by atoms with Gasteiger partial charge in [-0.3, -0.25) is 10.1 Å². The first-order valence-corrected chi connectivity index (χ1v) is 8.65. The Bertz CT molecular complexity index is 727. The molecule has 0 spiro atoms. The number of benzene rings is 1. The largest absolute Gasteiger partial charge is 0.298 e. The fourth-order valence-electron chi connectivity index (χ4n) is 1.56. The lowest BCUT2D eigenvalue weighted by Crippen LogP contribution is -2.11. The molecule has 1 aromatic carbocycles. The van der Waals surface area contributed by atoms with Crippen molar-refractivity contribution >= 4 is 32.1 Å². The summed E-state index contributed by atoms with van der Waals surface area (Å²) in [6.45, 7) is 3.84. The molecule has 2 N–H and O–H groups in total. The highest BCUT2D eigenvalue weighted by Gasteiger charge is 2.11. The van der Waals surface area contributed by atoms with Gasteiger partial charge in [-0.2, -0.15) is 0 Å². The van der Waals surface area contributed by atoms with Crippen LogP contribution in [0.5, 0.6) is 0 Å². The minimum atomic E-state index is -2.75. The predicted molar refractivity (Wildman–Crippen MR) is 81.0 cm³/mol. The van der Waals surface area contributed by atoms with Crippen LogP contribution in [0.4, 0.5) is 5.13 Å². The van der Waals surface area contributed by atoms with Crippen LogP contribution < -0.4 is 5.32 Å². The molecule has 0 fully saturated rings. The average molecular weight is 309 g/mol. The molecule has 5 nitrogen and oxygen atoms in total. The van der Waals surface area contributed by atoms with E-state index in [0.717, 1.165) is 10.6 Å². The second kappa shape index (κ2) is 5.34. The van der Waals surface area contributed by atoms with E-state index in [4.69, 9.17) is 4.78 Å². The van der Waals surface area contributed by atoms with Crippen molar-refractivity contribution in [2.75, 3.05) is 11.6 Å². The first-order valence-electron chi connectivity index (χ1n) is 5.86.